The Kier molecular flexibility index (Phi) is 15.4. The third-order valence-electron chi connectivity index (χ3n) is 1.93. The van der Waals surface area contributed by atoms with Gasteiger partial charge in [0.2, 0.25) is 0 Å². The smallest absolute Gasteiger partial charge is 0.0701 e. The second-order valence-electron chi connectivity index (χ2n) is 3.31. The van der Waals surface area contributed by atoms with E-state index >= 15 is 0 Å². The summed E-state index contributed by atoms with van der Waals surface area (Å²) < 4.78 is 15.5. The van der Waals surface area contributed by atoms with Crippen LogP contribution in [0.3, 0.4) is 0 Å². The molecule has 0 spiro atoms. The topological polar surface area (TPSA) is 39.7 Å². The first-order chi connectivity index (χ1) is 7.91. The summed E-state index contributed by atoms with van der Waals surface area (Å²) in [6.45, 7) is 5.36. The Morgan fingerprint density at radius 3 is 2.31 bits per heavy atom. The lowest BCUT2D eigenvalue weighted by Gasteiger charge is -2.06. The molecule has 16 heavy (non-hydrogen) atoms. The summed E-state index contributed by atoms with van der Waals surface area (Å²) in [5, 5.41) is 3.33. The van der Waals surface area contributed by atoms with Gasteiger partial charge in [-0.15, -0.1) is 0 Å². The van der Waals surface area contributed by atoms with Crippen molar-refractivity contribution in [3.63, 3.8) is 0 Å². The monoisotopic (exact) mass is 251 g/mol. The van der Waals surface area contributed by atoms with Crippen LogP contribution in [-0.4, -0.2) is 65.2 Å². The van der Waals surface area contributed by atoms with E-state index in [1.807, 2.05) is 11.8 Å². The normalized spacial score (nSPS) is 10.9. The molecule has 1 N–H and O–H groups in total. The fourth-order valence-electron chi connectivity index (χ4n) is 1.08. The Hall–Kier alpha value is 0.190. The van der Waals surface area contributed by atoms with Gasteiger partial charge >= 0.3 is 0 Å². The Morgan fingerprint density at radius 1 is 0.938 bits per heavy atom. The standard InChI is InChI=1S/C11H25NO3S/c1-13-7-8-15-10-9-14-6-5-12-4-3-11-16-2/h12H,3-11H2,1-2H3. The minimum absolute atomic E-state index is 0.646. The molecule has 0 aromatic carbocycles. The van der Waals surface area contributed by atoms with E-state index in [1.165, 1.54) is 12.2 Å². The van der Waals surface area contributed by atoms with Gasteiger partial charge in [0, 0.05) is 13.7 Å². The number of thioether (sulfide) groups is 1. The van der Waals surface area contributed by atoms with Gasteiger partial charge < -0.3 is 19.5 Å². The van der Waals surface area contributed by atoms with Crippen molar-refractivity contribution in [3.05, 3.63) is 0 Å². The molecular weight excluding hydrogens is 226 g/mol. The van der Waals surface area contributed by atoms with Crippen LogP contribution in [0.2, 0.25) is 0 Å². The van der Waals surface area contributed by atoms with Crippen molar-refractivity contribution in [2.24, 2.45) is 0 Å². The van der Waals surface area contributed by atoms with Crippen LogP contribution in [0, 0.1) is 0 Å². The summed E-state index contributed by atoms with van der Waals surface area (Å²) in [5.41, 5.74) is 0. The zero-order valence-corrected chi connectivity index (χ0v) is 11.3. The Balaban J connectivity index is 2.83. The first kappa shape index (κ1) is 16.2. The van der Waals surface area contributed by atoms with Crippen molar-refractivity contribution in [2.45, 2.75) is 6.42 Å². The van der Waals surface area contributed by atoms with Gasteiger partial charge in [0.05, 0.1) is 33.0 Å². The van der Waals surface area contributed by atoms with Crippen molar-refractivity contribution < 1.29 is 14.2 Å². The molecule has 0 bridgehead atoms. The van der Waals surface area contributed by atoms with Crippen LogP contribution in [0.25, 0.3) is 0 Å². The van der Waals surface area contributed by atoms with E-state index in [9.17, 15) is 0 Å². The van der Waals surface area contributed by atoms with Crippen molar-refractivity contribution in [2.75, 3.05) is 65.2 Å². The molecule has 0 aliphatic rings. The Morgan fingerprint density at radius 2 is 1.62 bits per heavy atom. The molecule has 0 unspecified atom stereocenters. The van der Waals surface area contributed by atoms with E-state index in [1.54, 1.807) is 7.11 Å². The molecule has 0 aromatic rings. The third kappa shape index (κ3) is 14.2. The summed E-state index contributed by atoms with van der Waals surface area (Å²) in [5.74, 6) is 1.22. The SMILES string of the molecule is COCCOCCOCCNCCCSC. The predicted molar refractivity (Wildman–Crippen MR) is 69.4 cm³/mol. The Labute approximate surface area is 103 Å². The van der Waals surface area contributed by atoms with Gasteiger partial charge in [-0.3, -0.25) is 0 Å². The maximum atomic E-state index is 5.39. The van der Waals surface area contributed by atoms with E-state index in [0.29, 0.717) is 26.4 Å². The predicted octanol–water partition coefficient (Wildman–Crippen LogP) is 1.01. The summed E-state index contributed by atoms with van der Waals surface area (Å²) in [4.78, 5) is 0. The second kappa shape index (κ2) is 15.2. The number of nitrogens with one attached hydrogen (secondary N) is 1. The van der Waals surface area contributed by atoms with Gasteiger partial charge in [-0.05, 0) is 25.0 Å². The van der Waals surface area contributed by atoms with Crippen LogP contribution in [0.4, 0.5) is 0 Å². The molecule has 0 atom stereocenters. The summed E-state index contributed by atoms with van der Waals surface area (Å²) in [6, 6.07) is 0. The molecule has 98 valence electrons. The van der Waals surface area contributed by atoms with Crippen LogP contribution in [0.1, 0.15) is 6.42 Å². The highest BCUT2D eigenvalue weighted by Gasteiger charge is 1.91. The number of rotatable bonds is 13. The minimum Gasteiger partial charge on any atom is -0.382 e. The number of methoxy groups -OCH3 is 1. The molecule has 0 heterocycles. The molecule has 0 aliphatic carbocycles. The molecule has 5 heteroatoms. The van der Waals surface area contributed by atoms with Crippen molar-refractivity contribution in [1.29, 1.82) is 0 Å². The first-order valence-electron chi connectivity index (χ1n) is 5.76. The van der Waals surface area contributed by atoms with E-state index in [-0.39, 0.29) is 0 Å². The molecule has 0 fully saturated rings. The molecule has 0 rings (SSSR count). The first-order valence-corrected chi connectivity index (χ1v) is 7.15. The molecule has 0 amide bonds. The molecule has 0 aliphatic heterocycles. The molecule has 0 radical (unpaired) electrons. The fraction of sp³-hybridized carbons (Fsp3) is 1.00. The molecule has 4 nitrogen and oxygen atoms in total. The van der Waals surface area contributed by atoms with Crippen molar-refractivity contribution in [1.82, 2.24) is 5.32 Å². The van der Waals surface area contributed by atoms with Crippen LogP contribution >= 0.6 is 11.8 Å². The maximum absolute atomic E-state index is 5.39. The lowest BCUT2D eigenvalue weighted by atomic mass is 10.5. The van der Waals surface area contributed by atoms with Gasteiger partial charge in [0.25, 0.3) is 0 Å². The lowest BCUT2D eigenvalue weighted by molar-refractivity contribution is 0.0256. The maximum Gasteiger partial charge on any atom is 0.0701 e. The van der Waals surface area contributed by atoms with Gasteiger partial charge in [-0.2, -0.15) is 11.8 Å². The summed E-state index contributed by atoms with van der Waals surface area (Å²) in [7, 11) is 1.67. The lowest BCUT2D eigenvalue weighted by Crippen LogP contribution is -2.22. The largest absolute Gasteiger partial charge is 0.382 e. The van der Waals surface area contributed by atoms with Crippen molar-refractivity contribution in [3.8, 4) is 0 Å². The van der Waals surface area contributed by atoms with E-state index < -0.39 is 0 Å². The van der Waals surface area contributed by atoms with E-state index in [0.717, 1.165) is 19.7 Å². The van der Waals surface area contributed by atoms with Crippen LogP contribution in [0.15, 0.2) is 0 Å². The van der Waals surface area contributed by atoms with Gasteiger partial charge in [-0.1, -0.05) is 0 Å². The van der Waals surface area contributed by atoms with Crippen LogP contribution in [0.5, 0.6) is 0 Å². The summed E-state index contributed by atoms with van der Waals surface area (Å²) >= 11 is 1.88. The highest BCUT2D eigenvalue weighted by atomic mass is 32.2. The van der Waals surface area contributed by atoms with Crippen LogP contribution in [-0.2, 0) is 14.2 Å². The average Bonchev–Trinajstić information content (AvgIpc) is 2.31. The Bertz CT molecular complexity index is 114. The van der Waals surface area contributed by atoms with E-state index in [2.05, 4.69) is 11.6 Å². The van der Waals surface area contributed by atoms with Gasteiger partial charge in [0.1, 0.15) is 0 Å². The number of hydrogen-bond acceptors (Lipinski definition) is 5. The number of hydrogen-bond donors (Lipinski definition) is 1. The third-order valence-corrected chi connectivity index (χ3v) is 2.63. The summed E-state index contributed by atoms with van der Waals surface area (Å²) in [6.07, 6.45) is 3.36. The van der Waals surface area contributed by atoms with Crippen molar-refractivity contribution >= 4 is 11.8 Å². The fourth-order valence-corrected chi connectivity index (χ4v) is 1.51. The highest BCUT2D eigenvalue weighted by molar-refractivity contribution is 7.98. The average molecular weight is 251 g/mol. The number of ether oxygens (including phenoxy) is 3. The zero-order chi connectivity index (χ0) is 11.9. The van der Waals surface area contributed by atoms with Gasteiger partial charge in [0.15, 0.2) is 0 Å². The van der Waals surface area contributed by atoms with E-state index in [4.69, 9.17) is 14.2 Å². The minimum atomic E-state index is 0.646. The molecule has 0 aromatic heterocycles. The second-order valence-corrected chi connectivity index (χ2v) is 4.30. The zero-order valence-electron chi connectivity index (χ0n) is 10.5. The molecule has 0 saturated carbocycles. The highest BCUT2D eigenvalue weighted by Crippen LogP contribution is 1.92. The quantitative estimate of drug-likeness (QED) is 0.495. The van der Waals surface area contributed by atoms with Gasteiger partial charge in [-0.25, -0.2) is 0 Å². The molecular formula is C11H25NO3S. The van der Waals surface area contributed by atoms with Crippen LogP contribution < -0.4 is 5.32 Å². The molecule has 0 saturated heterocycles.